The van der Waals surface area contributed by atoms with E-state index in [4.69, 9.17) is 23.7 Å². The molecule has 0 radical (unpaired) electrons. The second-order valence-electron chi connectivity index (χ2n) is 6.60. The van der Waals surface area contributed by atoms with Crippen LogP contribution >= 0.6 is 15.9 Å². The van der Waals surface area contributed by atoms with Crippen LogP contribution in [0.15, 0.2) is 28.7 Å². The van der Waals surface area contributed by atoms with Crippen molar-refractivity contribution in [2.24, 2.45) is 0 Å². The number of ketones is 1. The number of nitrogens with zero attached hydrogens (tertiary/aromatic N) is 1. The minimum absolute atomic E-state index is 0.193. The average molecular weight is 494 g/mol. The number of allylic oxidation sites excluding steroid dienone is 1. The molecule has 8 heteroatoms. The Labute approximate surface area is 191 Å². The molecule has 0 fully saturated rings. The Morgan fingerprint density at radius 2 is 1.58 bits per heavy atom. The summed E-state index contributed by atoms with van der Waals surface area (Å²) in [7, 11) is 9.88. The smallest absolute Gasteiger partial charge is 0.207 e. The summed E-state index contributed by atoms with van der Waals surface area (Å²) in [6, 6.07) is 7.06. The third kappa shape index (κ3) is 5.25. The van der Waals surface area contributed by atoms with Gasteiger partial charge in [-0.25, -0.2) is 0 Å². The van der Waals surface area contributed by atoms with Crippen LogP contribution in [-0.4, -0.2) is 54.9 Å². The lowest BCUT2D eigenvalue weighted by Crippen LogP contribution is -2.12. The first kappa shape index (κ1) is 24.4. The lowest BCUT2D eigenvalue weighted by Gasteiger charge is -2.18. The first-order valence-corrected chi connectivity index (χ1v) is 10.3. The van der Waals surface area contributed by atoms with Crippen LogP contribution in [0, 0.1) is 0 Å². The van der Waals surface area contributed by atoms with Crippen molar-refractivity contribution in [1.82, 2.24) is 0 Å². The summed E-state index contributed by atoms with van der Waals surface area (Å²) >= 11 is 3.42. The predicted octanol–water partition coefficient (Wildman–Crippen LogP) is 4.80. The first-order chi connectivity index (χ1) is 14.8. The Morgan fingerprint density at radius 3 is 2.10 bits per heavy atom. The quantitative estimate of drug-likeness (QED) is 0.347. The van der Waals surface area contributed by atoms with Gasteiger partial charge in [-0.1, -0.05) is 0 Å². The zero-order valence-corrected chi connectivity index (χ0v) is 20.5. The summed E-state index contributed by atoms with van der Waals surface area (Å²) < 4.78 is 27.8. The van der Waals surface area contributed by atoms with Gasteiger partial charge in [0.1, 0.15) is 5.75 Å². The largest absolute Gasteiger partial charge is 0.493 e. The number of rotatable bonds is 10. The Hall–Kier alpha value is -2.87. The molecule has 0 spiro atoms. The van der Waals surface area contributed by atoms with E-state index in [9.17, 15) is 4.79 Å². The van der Waals surface area contributed by atoms with Crippen molar-refractivity contribution in [3.63, 3.8) is 0 Å². The number of methoxy groups -OCH3 is 4. The molecule has 2 aromatic rings. The van der Waals surface area contributed by atoms with Crippen LogP contribution in [0.25, 0.3) is 6.08 Å². The normalized spacial score (nSPS) is 11.0. The monoisotopic (exact) mass is 493 g/mol. The molecule has 0 saturated heterocycles. The molecule has 31 heavy (non-hydrogen) atoms. The van der Waals surface area contributed by atoms with Gasteiger partial charge in [0.05, 0.1) is 45.2 Å². The van der Waals surface area contributed by atoms with Gasteiger partial charge < -0.3 is 28.6 Å². The summed E-state index contributed by atoms with van der Waals surface area (Å²) in [4.78, 5) is 15.0. The fourth-order valence-corrected chi connectivity index (χ4v) is 3.57. The number of carbonyl (C=O) groups excluding carboxylic acids is 1. The van der Waals surface area contributed by atoms with Gasteiger partial charge in [0.2, 0.25) is 11.5 Å². The molecule has 0 heterocycles. The number of benzene rings is 2. The molecule has 0 aliphatic rings. The maximum atomic E-state index is 13.1. The molecule has 0 aliphatic carbocycles. The molecule has 0 saturated carbocycles. The van der Waals surface area contributed by atoms with Gasteiger partial charge in [-0.3, -0.25) is 4.79 Å². The highest BCUT2D eigenvalue weighted by Crippen LogP contribution is 2.47. The topological polar surface area (TPSA) is 66.5 Å². The Balaban J connectivity index is 2.54. The fraction of sp³-hybridized carbons (Fsp3) is 0.348. The van der Waals surface area contributed by atoms with E-state index in [-0.39, 0.29) is 5.78 Å². The van der Waals surface area contributed by atoms with E-state index in [1.165, 1.54) is 28.4 Å². The van der Waals surface area contributed by atoms with Gasteiger partial charge in [0.15, 0.2) is 17.3 Å². The maximum absolute atomic E-state index is 13.1. The minimum Gasteiger partial charge on any atom is -0.493 e. The van der Waals surface area contributed by atoms with Crippen molar-refractivity contribution < 1.29 is 28.5 Å². The van der Waals surface area contributed by atoms with E-state index in [1.807, 2.05) is 25.9 Å². The zero-order valence-electron chi connectivity index (χ0n) is 18.9. The van der Waals surface area contributed by atoms with Gasteiger partial charge >= 0.3 is 0 Å². The van der Waals surface area contributed by atoms with Crippen LogP contribution in [0.3, 0.4) is 0 Å². The van der Waals surface area contributed by atoms with Crippen molar-refractivity contribution >= 4 is 33.5 Å². The van der Waals surface area contributed by atoms with Crippen LogP contribution in [-0.2, 0) is 0 Å². The SMILES string of the molecule is CCOc1ccc(C(=O)C(Br)=Cc2cc(OC)c(OC)c(OC)c2OC)cc1N(C)C. The Kier molecular flexibility index (Phi) is 8.62. The number of hydrogen-bond acceptors (Lipinski definition) is 7. The molecule has 0 unspecified atom stereocenters. The van der Waals surface area contributed by atoms with Crippen molar-refractivity contribution in [1.29, 1.82) is 0 Å². The van der Waals surface area contributed by atoms with Crippen LogP contribution in [0.5, 0.6) is 28.7 Å². The molecule has 0 aromatic heterocycles. The highest BCUT2D eigenvalue weighted by atomic mass is 79.9. The molecule has 0 bridgehead atoms. The molecule has 0 atom stereocenters. The van der Waals surface area contributed by atoms with Crippen LogP contribution in [0.2, 0.25) is 0 Å². The van der Waals surface area contributed by atoms with Crippen molar-refractivity contribution in [3.8, 4) is 28.7 Å². The summed E-state index contributed by atoms with van der Waals surface area (Å²) in [5.41, 5.74) is 1.93. The number of Topliss-reactive ketones (excluding diaryl/α,β-unsaturated/α-hetero) is 1. The molecule has 0 N–H and O–H groups in total. The van der Waals surface area contributed by atoms with E-state index in [1.54, 1.807) is 30.3 Å². The first-order valence-electron chi connectivity index (χ1n) is 9.55. The number of ether oxygens (including phenoxy) is 5. The van der Waals surface area contributed by atoms with Crippen LogP contribution in [0.1, 0.15) is 22.8 Å². The van der Waals surface area contributed by atoms with E-state index >= 15 is 0 Å². The summed E-state index contributed by atoms with van der Waals surface area (Å²) in [6.45, 7) is 2.46. The van der Waals surface area contributed by atoms with Crippen molar-refractivity contribution in [2.45, 2.75) is 6.92 Å². The number of halogens is 1. The zero-order chi connectivity index (χ0) is 23.1. The minimum atomic E-state index is -0.193. The maximum Gasteiger partial charge on any atom is 0.207 e. The van der Waals surface area contributed by atoms with E-state index in [0.29, 0.717) is 45.2 Å². The van der Waals surface area contributed by atoms with E-state index in [0.717, 1.165) is 11.4 Å². The van der Waals surface area contributed by atoms with Crippen molar-refractivity contribution in [3.05, 3.63) is 39.9 Å². The average Bonchev–Trinajstić information content (AvgIpc) is 2.77. The summed E-state index contributed by atoms with van der Waals surface area (Å²) in [5.74, 6) is 2.18. The molecular weight excluding hydrogens is 466 g/mol. The summed E-state index contributed by atoms with van der Waals surface area (Å²) in [6.07, 6.45) is 1.66. The number of hydrogen-bond donors (Lipinski definition) is 0. The van der Waals surface area contributed by atoms with E-state index in [2.05, 4.69) is 15.9 Å². The van der Waals surface area contributed by atoms with Gasteiger partial charge in [-0.05, 0) is 53.2 Å². The molecule has 2 rings (SSSR count). The lowest BCUT2D eigenvalue weighted by molar-refractivity contribution is 0.104. The van der Waals surface area contributed by atoms with Crippen molar-refractivity contribution in [2.75, 3.05) is 54.0 Å². The second kappa shape index (κ2) is 10.9. The molecule has 0 amide bonds. The van der Waals surface area contributed by atoms with E-state index < -0.39 is 0 Å². The molecule has 168 valence electrons. The molecule has 0 aliphatic heterocycles. The van der Waals surface area contributed by atoms with Crippen LogP contribution < -0.4 is 28.6 Å². The predicted molar refractivity (Wildman–Crippen MR) is 126 cm³/mol. The third-order valence-corrected chi connectivity index (χ3v) is 5.11. The fourth-order valence-electron chi connectivity index (χ4n) is 3.09. The Morgan fingerprint density at radius 1 is 0.935 bits per heavy atom. The molecule has 7 nitrogen and oxygen atoms in total. The van der Waals surface area contributed by atoms with Gasteiger partial charge in [-0.2, -0.15) is 0 Å². The van der Waals surface area contributed by atoms with Gasteiger partial charge in [-0.15, -0.1) is 0 Å². The number of carbonyl (C=O) groups is 1. The van der Waals surface area contributed by atoms with Gasteiger partial charge in [0, 0.05) is 25.2 Å². The molecule has 2 aromatic carbocycles. The highest BCUT2D eigenvalue weighted by Gasteiger charge is 2.22. The van der Waals surface area contributed by atoms with Crippen LogP contribution in [0.4, 0.5) is 5.69 Å². The lowest BCUT2D eigenvalue weighted by atomic mass is 10.1. The Bertz CT molecular complexity index is 971. The number of anilines is 1. The van der Waals surface area contributed by atoms with Gasteiger partial charge in [0.25, 0.3) is 0 Å². The third-order valence-electron chi connectivity index (χ3n) is 4.52. The molecular formula is C23H28BrNO6. The summed E-state index contributed by atoms with van der Waals surface area (Å²) in [5, 5.41) is 0. The second-order valence-corrected chi connectivity index (χ2v) is 7.45. The standard InChI is InChI=1S/C23H28BrNO6/c1-8-31-18-10-9-14(12-17(18)25(2)3)20(26)16(24)11-15-13-19(27-4)22(29-6)23(30-7)21(15)28-5/h9-13H,8H2,1-7H3. The highest BCUT2D eigenvalue weighted by molar-refractivity contribution is 9.12.